The fraction of sp³-hybridized carbons (Fsp3) is 0.417. The Kier molecular flexibility index (Phi) is 2.44. The molecule has 2 nitrogen and oxygen atoms in total. The number of halogens is 2. The van der Waals surface area contributed by atoms with Crippen LogP contribution in [0.5, 0.6) is 0 Å². The van der Waals surface area contributed by atoms with Crippen LogP contribution in [0.15, 0.2) is 18.2 Å². The fourth-order valence-electron chi connectivity index (χ4n) is 2.63. The molecule has 0 aromatic heterocycles. The SMILES string of the molecule is O=C(NC12CC(C1)C2)c1cc(Cl)cc(I)c1. The van der Waals surface area contributed by atoms with E-state index in [2.05, 4.69) is 27.9 Å². The van der Waals surface area contributed by atoms with E-state index in [0.29, 0.717) is 10.6 Å². The molecule has 1 amide bonds. The van der Waals surface area contributed by atoms with Gasteiger partial charge in [-0.05, 0) is 66.0 Å². The molecule has 0 unspecified atom stereocenters. The smallest absolute Gasteiger partial charge is 0.251 e. The van der Waals surface area contributed by atoms with Crippen LogP contribution in [0.3, 0.4) is 0 Å². The predicted octanol–water partition coefficient (Wildman–Crippen LogP) is 3.23. The maximum atomic E-state index is 12.0. The van der Waals surface area contributed by atoms with Gasteiger partial charge in [0.05, 0.1) is 0 Å². The predicted molar refractivity (Wildman–Crippen MR) is 71.7 cm³/mol. The molecule has 3 aliphatic rings. The normalized spacial score (nSPS) is 30.2. The summed E-state index contributed by atoms with van der Waals surface area (Å²) in [5.74, 6) is 0.887. The summed E-state index contributed by atoms with van der Waals surface area (Å²) in [5, 5.41) is 3.75. The summed E-state index contributed by atoms with van der Waals surface area (Å²) in [5.41, 5.74) is 0.803. The van der Waals surface area contributed by atoms with Crippen molar-refractivity contribution in [3.05, 3.63) is 32.4 Å². The molecule has 2 bridgehead atoms. The van der Waals surface area contributed by atoms with Crippen LogP contribution in [0, 0.1) is 9.49 Å². The van der Waals surface area contributed by atoms with Crippen molar-refractivity contribution in [2.75, 3.05) is 0 Å². The molecule has 0 aliphatic heterocycles. The average molecular weight is 348 g/mol. The van der Waals surface area contributed by atoms with Crippen LogP contribution >= 0.6 is 34.2 Å². The molecule has 1 aromatic rings. The van der Waals surface area contributed by atoms with E-state index < -0.39 is 0 Å². The van der Waals surface area contributed by atoms with Gasteiger partial charge in [-0.15, -0.1) is 0 Å². The Bertz CT molecular complexity index is 437. The number of carbonyl (C=O) groups excluding carboxylic acids is 1. The molecule has 3 aliphatic carbocycles. The zero-order valence-electron chi connectivity index (χ0n) is 8.59. The molecule has 0 heterocycles. The molecule has 1 aromatic carbocycles. The Morgan fingerprint density at radius 1 is 1.38 bits per heavy atom. The standard InChI is InChI=1S/C12H11ClINO/c13-9-1-8(2-10(14)3-9)11(16)15-12-4-7(5-12)6-12/h1-3,7H,4-6H2,(H,15,16). The Morgan fingerprint density at radius 3 is 2.56 bits per heavy atom. The van der Waals surface area contributed by atoms with Crippen molar-refractivity contribution in [2.24, 2.45) is 5.92 Å². The largest absolute Gasteiger partial charge is 0.347 e. The lowest BCUT2D eigenvalue weighted by molar-refractivity contribution is -0.0438. The van der Waals surface area contributed by atoms with Crippen molar-refractivity contribution < 1.29 is 4.79 Å². The third-order valence-corrected chi connectivity index (χ3v) is 4.38. The summed E-state index contributed by atoms with van der Waals surface area (Å²) in [4.78, 5) is 12.0. The number of carbonyl (C=O) groups is 1. The summed E-state index contributed by atoms with van der Waals surface area (Å²) in [6, 6.07) is 5.44. The zero-order chi connectivity index (χ0) is 11.3. The third-order valence-electron chi connectivity index (χ3n) is 3.54. The summed E-state index contributed by atoms with van der Waals surface area (Å²) < 4.78 is 0.993. The number of nitrogens with one attached hydrogen (secondary N) is 1. The number of benzene rings is 1. The van der Waals surface area contributed by atoms with Gasteiger partial charge in [0.25, 0.3) is 5.91 Å². The van der Waals surface area contributed by atoms with Gasteiger partial charge in [-0.2, -0.15) is 0 Å². The van der Waals surface area contributed by atoms with Gasteiger partial charge in [0.1, 0.15) is 0 Å². The van der Waals surface area contributed by atoms with Crippen molar-refractivity contribution in [2.45, 2.75) is 24.8 Å². The molecule has 16 heavy (non-hydrogen) atoms. The second-order valence-electron chi connectivity index (χ2n) is 4.87. The van der Waals surface area contributed by atoms with E-state index in [9.17, 15) is 4.79 Å². The van der Waals surface area contributed by atoms with Gasteiger partial charge in [-0.25, -0.2) is 0 Å². The van der Waals surface area contributed by atoms with Gasteiger partial charge in [0.2, 0.25) is 0 Å². The van der Waals surface area contributed by atoms with Gasteiger partial charge in [0, 0.05) is 19.7 Å². The first-order valence-electron chi connectivity index (χ1n) is 5.35. The van der Waals surface area contributed by atoms with Gasteiger partial charge in [0.15, 0.2) is 0 Å². The van der Waals surface area contributed by atoms with Crippen LogP contribution in [0.4, 0.5) is 0 Å². The minimum Gasteiger partial charge on any atom is -0.347 e. The topological polar surface area (TPSA) is 29.1 Å². The van der Waals surface area contributed by atoms with E-state index >= 15 is 0 Å². The summed E-state index contributed by atoms with van der Waals surface area (Å²) >= 11 is 8.11. The number of hydrogen-bond acceptors (Lipinski definition) is 1. The first kappa shape index (κ1) is 10.8. The highest BCUT2D eigenvalue weighted by Gasteiger charge is 2.57. The Balaban J connectivity index is 1.77. The van der Waals surface area contributed by atoms with E-state index in [1.54, 1.807) is 6.07 Å². The molecule has 4 heteroatoms. The highest BCUT2D eigenvalue weighted by Crippen LogP contribution is 2.56. The van der Waals surface area contributed by atoms with Crippen molar-refractivity contribution in [3.63, 3.8) is 0 Å². The molecule has 0 saturated heterocycles. The molecular weight excluding hydrogens is 336 g/mol. The lowest BCUT2D eigenvalue weighted by Crippen LogP contribution is -2.68. The van der Waals surface area contributed by atoms with E-state index in [1.165, 1.54) is 0 Å². The molecule has 3 saturated carbocycles. The maximum Gasteiger partial charge on any atom is 0.251 e. The highest BCUT2D eigenvalue weighted by atomic mass is 127. The van der Waals surface area contributed by atoms with Gasteiger partial charge >= 0.3 is 0 Å². The summed E-state index contributed by atoms with van der Waals surface area (Å²) in [6.07, 6.45) is 3.49. The molecule has 0 spiro atoms. The third kappa shape index (κ3) is 1.74. The van der Waals surface area contributed by atoms with Crippen molar-refractivity contribution in [1.29, 1.82) is 0 Å². The van der Waals surface area contributed by atoms with Crippen LogP contribution in [-0.2, 0) is 0 Å². The molecule has 3 fully saturated rings. The lowest BCUT2D eigenvalue weighted by atomic mass is 9.50. The second-order valence-corrected chi connectivity index (χ2v) is 6.55. The summed E-state index contributed by atoms with van der Waals surface area (Å²) in [6.45, 7) is 0. The maximum absolute atomic E-state index is 12.0. The van der Waals surface area contributed by atoms with Gasteiger partial charge < -0.3 is 5.32 Å². The first-order valence-corrected chi connectivity index (χ1v) is 6.81. The molecule has 1 N–H and O–H groups in total. The van der Waals surface area contributed by atoms with Crippen molar-refractivity contribution in [3.8, 4) is 0 Å². The molecule has 0 radical (unpaired) electrons. The molecule has 0 atom stereocenters. The van der Waals surface area contributed by atoms with Gasteiger partial charge in [-0.1, -0.05) is 11.6 Å². The second kappa shape index (κ2) is 3.60. The van der Waals surface area contributed by atoms with Gasteiger partial charge in [-0.3, -0.25) is 4.79 Å². The first-order chi connectivity index (χ1) is 7.56. The van der Waals surface area contributed by atoms with Crippen LogP contribution in [0.2, 0.25) is 5.02 Å². The number of rotatable bonds is 2. The Hall–Kier alpha value is -0.290. The van der Waals surface area contributed by atoms with E-state index in [0.717, 1.165) is 28.8 Å². The average Bonchev–Trinajstić information content (AvgIpc) is 2.07. The molecule has 4 rings (SSSR count). The lowest BCUT2D eigenvalue weighted by Gasteiger charge is -2.61. The van der Waals surface area contributed by atoms with Crippen LogP contribution in [-0.4, -0.2) is 11.4 Å². The highest BCUT2D eigenvalue weighted by molar-refractivity contribution is 14.1. The summed E-state index contributed by atoms with van der Waals surface area (Å²) in [7, 11) is 0. The monoisotopic (exact) mass is 347 g/mol. The quantitative estimate of drug-likeness (QED) is 0.818. The molecule has 84 valence electrons. The van der Waals surface area contributed by atoms with Crippen molar-refractivity contribution in [1.82, 2.24) is 5.32 Å². The zero-order valence-corrected chi connectivity index (χ0v) is 11.5. The van der Waals surface area contributed by atoms with Crippen LogP contribution in [0.1, 0.15) is 29.6 Å². The van der Waals surface area contributed by atoms with E-state index in [-0.39, 0.29) is 11.4 Å². The number of hydrogen-bond donors (Lipinski definition) is 1. The number of amides is 1. The molecular formula is C12H11ClINO. The van der Waals surface area contributed by atoms with Crippen molar-refractivity contribution >= 4 is 40.1 Å². The van der Waals surface area contributed by atoms with E-state index in [4.69, 9.17) is 11.6 Å². The van der Waals surface area contributed by atoms with Crippen LogP contribution in [0.25, 0.3) is 0 Å². The Morgan fingerprint density at radius 2 is 2.06 bits per heavy atom. The van der Waals surface area contributed by atoms with Crippen LogP contribution < -0.4 is 5.32 Å². The fourth-order valence-corrected chi connectivity index (χ4v) is 3.72. The minimum absolute atomic E-state index is 0.0126. The minimum atomic E-state index is 0.0126. The Labute approximate surface area is 113 Å². The van der Waals surface area contributed by atoms with E-state index in [1.807, 2.05) is 12.1 Å².